The smallest absolute Gasteiger partial charge is 0.207 e. The van der Waals surface area contributed by atoms with Gasteiger partial charge in [-0.1, -0.05) is 77.4 Å². The zero-order valence-corrected chi connectivity index (χ0v) is 27.7. The Balaban J connectivity index is 1.56. The number of nitrogens with zero attached hydrogens (tertiary/aromatic N) is 2. The second-order valence-electron chi connectivity index (χ2n) is 13.7. The molecule has 2 aliphatic rings. The van der Waals surface area contributed by atoms with Crippen molar-refractivity contribution in [3.8, 4) is 22.5 Å². The predicted molar refractivity (Wildman–Crippen MR) is 184 cm³/mol. The molecular formula is C42H45FN2+2. The van der Waals surface area contributed by atoms with Crippen molar-refractivity contribution in [1.29, 1.82) is 0 Å². The number of benzene rings is 3. The summed E-state index contributed by atoms with van der Waals surface area (Å²) in [6.45, 7) is 14.2. The molecular weight excluding hydrogens is 551 g/mol. The Hall–Kier alpha value is -4.11. The summed E-state index contributed by atoms with van der Waals surface area (Å²) in [6, 6.07) is 26.0. The molecule has 0 fully saturated rings. The molecule has 7 rings (SSSR count). The molecule has 1 aliphatic heterocycles. The number of hydrogen-bond acceptors (Lipinski definition) is 0. The number of aromatic nitrogens is 2. The minimum absolute atomic E-state index is 0.101. The lowest BCUT2D eigenvalue weighted by molar-refractivity contribution is -0.698. The highest BCUT2D eigenvalue weighted by molar-refractivity contribution is 6.02. The fourth-order valence-corrected chi connectivity index (χ4v) is 8.28. The van der Waals surface area contributed by atoms with E-state index in [1.165, 1.54) is 50.0 Å². The summed E-state index contributed by atoms with van der Waals surface area (Å²) in [5, 5.41) is 2.53. The van der Waals surface area contributed by atoms with Gasteiger partial charge < -0.3 is 0 Å². The van der Waals surface area contributed by atoms with Gasteiger partial charge in [0.1, 0.15) is 5.82 Å². The molecule has 0 saturated heterocycles. The summed E-state index contributed by atoms with van der Waals surface area (Å²) in [6.07, 6.45) is 12.2. The van der Waals surface area contributed by atoms with Crippen LogP contribution in [0.1, 0.15) is 88.1 Å². The summed E-state index contributed by atoms with van der Waals surface area (Å²) in [7, 11) is 0. The number of unbranched alkanes of at least 4 members (excludes halogenated alkanes) is 1. The highest BCUT2D eigenvalue weighted by Crippen LogP contribution is 2.54. The van der Waals surface area contributed by atoms with E-state index >= 15 is 4.39 Å². The molecule has 228 valence electrons. The first kappa shape index (κ1) is 29.6. The zero-order chi connectivity index (χ0) is 31.5. The summed E-state index contributed by atoms with van der Waals surface area (Å²) in [5.41, 5.74) is 11.2. The van der Waals surface area contributed by atoms with E-state index in [2.05, 4.69) is 136 Å². The number of rotatable bonds is 8. The summed E-state index contributed by atoms with van der Waals surface area (Å²) < 4.78 is 21.2. The molecule has 45 heavy (non-hydrogen) atoms. The average molecular weight is 597 g/mol. The molecule has 3 heteroatoms. The Morgan fingerprint density at radius 2 is 1.60 bits per heavy atom. The molecule has 0 atom stereocenters. The van der Waals surface area contributed by atoms with Crippen LogP contribution in [-0.4, -0.2) is 0 Å². The number of hydrogen-bond donors (Lipinski definition) is 0. The van der Waals surface area contributed by atoms with Crippen molar-refractivity contribution in [3.05, 3.63) is 125 Å². The van der Waals surface area contributed by atoms with E-state index in [0.717, 1.165) is 48.9 Å². The molecule has 0 spiro atoms. The lowest BCUT2D eigenvalue weighted by Gasteiger charge is -2.37. The maximum absolute atomic E-state index is 16.4. The van der Waals surface area contributed by atoms with Crippen molar-refractivity contribution in [2.45, 2.75) is 91.0 Å². The molecule has 2 nitrogen and oxygen atoms in total. The molecule has 3 aromatic carbocycles. The molecule has 0 saturated carbocycles. The first-order valence-corrected chi connectivity index (χ1v) is 16.9. The van der Waals surface area contributed by atoms with Crippen molar-refractivity contribution < 1.29 is 13.5 Å². The van der Waals surface area contributed by atoms with Crippen molar-refractivity contribution in [3.63, 3.8) is 0 Å². The Bertz CT molecular complexity index is 1990. The number of pyridine rings is 2. The van der Waals surface area contributed by atoms with Gasteiger partial charge in [-0.25, -0.2) is 4.39 Å². The van der Waals surface area contributed by atoms with Gasteiger partial charge in [-0.05, 0) is 78.4 Å². The van der Waals surface area contributed by atoms with Gasteiger partial charge in [0.25, 0.3) is 0 Å². The van der Waals surface area contributed by atoms with E-state index < -0.39 is 5.41 Å². The number of aryl methyl sites for hydroxylation is 2. The number of allylic oxidation sites excluding steroid dienone is 2. The summed E-state index contributed by atoms with van der Waals surface area (Å²) in [4.78, 5) is 0. The van der Waals surface area contributed by atoms with Crippen LogP contribution >= 0.6 is 0 Å². The van der Waals surface area contributed by atoms with E-state index in [1.54, 1.807) is 6.07 Å². The van der Waals surface area contributed by atoms with Crippen molar-refractivity contribution in [2.24, 2.45) is 0 Å². The fourth-order valence-electron chi connectivity index (χ4n) is 8.28. The van der Waals surface area contributed by atoms with Gasteiger partial charge in [0.2, 0.25) is 23.6 Å². The standard InChI is InChI=1S/C42H45FN2/c1-7-10-16-29-24-30-21-23-45-31(27-44-22-14-13-18-36(44)32-17-12-11-15-28(32)4)26-42(8-2,9-3)33-19-20-35(43)39-38(33)40(45)37(30)34(25-29)41(39,5)6/h11-15,17-26H,7-10,16,27H2,1-6H3/q+2. The van der Waals surface area contributed by atoms with Crippen LogP contribution < -0.4 is 9.13 Å². The van der Waals surface area contributed by atoms with E-state index in [9.17, 15) is 0 Å². The maximum atomic E-state index is 16.4. The largest absolute Gasteiger partial charge is 0.250 e. The van der Waals surface area contributed by atoms with Crippen LogP contribution in [0.5, 0.6) is 0 Å². The Labute approximate surface area is 267 Å². The third-order valence-electron chi connectivity index (χ3n) is 10.9. The van der Waals surface area contributed by atoms with Crippen molar-refractivity contribution in [2.75, 3.05) is 0 Å². The Morgan fingerprint density at radius 1 is 0.822 bits per heavy atom. The van der Waals surface area contributed by atoms with Gasteiger partial charge in [-0.15, -0.1) is 0 Å². The first-order valence-electron chi connectivity index (χ1n) is 16.9. The molecule has 0 N–H and O–H groups in total. The van der Waals surface area contributed by atoms with Gasteiger partial charge in [-0.2, -0.15) is 9.13 Å². The highest BCUT2D eigenvalue weighted by Gasteiger charge is 2.47. The monoisotopic (exact) mass is 596 g/mol. The predicted octanol–water partition coefficient (Wildman–Crippen LogP) is 9.79. The zero-order valence-electron chi connectivity index (χ0n) is 27.7. The second-order valence-corrected chi connectivity index (χ2v) is 13.7. The number of halogens is 1. The molecule has 2 aromatic heterocycles. The molecule has 3 heterocycles. The van der Waals surface area contributed by atoms with E-state index in [4.69, 9.17) is 0 Å². The van der Waals surface area contributed by atoms with Crippen LogP contribution in [0.25, 0.3) is 39.0 Å². The van der Waals surface area contributed by atoms with Gasteiger partial charge in [0, 0.05) is 46.2 Å². The highest BCUT2D eigenvalue weighted by atomic mass is 19.1. The SMILES string of the molecule is CCCCc1cc2c3c4[n+](ccc3c1)C(C[n+]1ccccc1-c1ccccc1C)=CC(CC)(CC)c1ccc(F)c(c1-4)C2(C)C. The topological polar surface area (TPSA) is 7.76 Å². The van der Waals surface area contributed by atoms with Crippen molar-refractivity contribution >= 4 is 16.5 Å². The fraction of sp³-hybridized carbons (Fsp3) is 0.333. The van der Waals surface area contributed by atoms with Crippen LogP contribution in [0.3, 0.4) is 0 Å². The minimum Gasteiger partial charge on any atom is -0.207 e. The van der Waals surface area contributed by atoms with E-state index in [-0.39, 0.29) is 11.2 Å². The van der Waals surface area contributed by atoms with Crippen LogP contribution in [0, 0.1) is 12.7 Å². The van der Waals surface area contributed by atoms with Crippen molar-refractivity contribution in [1.82, 2.24) is 0 Å². The third kappa shape index (κ3) is 4.49. The minimum atomic E-state index is -0.466. The lowest BCUT2D eigenvalue weighted by Crippen LogP contribution is -2.46. The van der Waals surface area contributed by atoms with Gasteiger partial charge in [-0.3, -0.25) is 0 Å². The van der Waals surface area contributed by atoms with E-state index in [0.29, 0.717) is 6.54 Å². The lowest BCUT2D eigenvalue weighted by atomic mass is 9.64. The molecule has 0 bridgehead atoms. The average Bonchev–Trinajstić information content (AvgIpc) is 3.16. The summed E-state index contributed by atoms with van der Waals surface area (Å²) in [5.74, 6) is -0.101. The quantitative estimate of drug-likeness (QED) is 0.158. The van der Waals surface area contributed by atoms with Crippen LogP contribution in [0.2, 0.25) is 0 Å². The normalized spacial score (nSPS) is 15.6. The Kier molecular flexibility index (Phi) is 7.27. The van der Waals surface area contributed by atoms with Gasteiger partial charge in [0.05, 0.1) is 10.9 Å². The Morgan fingerprint density at radius 3 is 2.36 bits per heavy atom. The van der Waals surface area contributed by atoms with Crippen LogP contribution in [-0.2, 0) is 23.8 Å². The molecule has 1 aliphatic carbocycles. The molecule has 0 amide bonds. The second kappa shape index (κ2) is 11.1. The maximum Gasteiger partial charge on any atom is 0.250 e. The van der Waals surface area contributed by atoms with Gasteiger partial charge in [0.15, 0.2) is 12.4 Å². The van der Waals surface area contributed by atoms with Crippen LogP contribution in [0.4, 0.5) is 4.39 Å². The summed E-state index contributed by atoms with van der Waals surface area (Å²) >= 11 is 0. The molecule has 5 aromatic rings. The molecule has 0 radical (unpaired) electrons. The first-order chi connectivity index (χ1) is 21.7. The molecule has 0 unspecified atom stereocenters. The van der Waals surface area contributed by atoms with E-state index in [1.807, 2.05) is 0 Å². The van der Waals surface area contributed by atoms with Crippen LogP contribution in [0.15, 0.2) is 91.3 Å². The third-order valence-corrected chi connectivity index (χ3v) is 10.9. The van der Waals surface area contributed by atoms with Gasteiger partial charge >= 0.3 is 0 Å².